The van der Waals surface area contributed by atoms with E-state index in [1.807, 2.05) is 50.2 Å². The lowest BCUT2D eigenvalue weighted by molar-refractivity contribution is -0.134. The average Bonchev–Trinajstić information content (AvgIpc) is 2.81. The molecule has 0 radical (unpaired) electrons. The number of carbonyl (C=O) groups is 3. The second kappa shape index (κ2) is 14.1. The van der Waals surface area contributed by atoms with Crippen LogP contribution in [-0.4, -0.2) is 65.9 Å². The van der Waals surface area contributed by atoms with Gasteiger partial charge in [0.15, 0.2) is 0 Å². The van der Waals surface area contributed by atoms with E-state index >= 15 is 0 Å². The van der Waals surface area contributed by atoms with E-state index in [9.17, 15) is 14.4 Å². The van der Waals surface area contributed by atoms with Gasteiger partial charge in [0.25, 0.3) is 0 Å². The van der Waals surface area contributed by atoms with Gasteiger partial charge in [0, 0.05) is 31.9 Å². The lowest BCUT2D eigenvalue weighted by Crippen LogP contribution is -2.52. The van der Waals surface area contributed by atoms with E-state index in [0.29, 0.717) is 31.7 Å². The second-order valence-corrected chi connectivity index (χ2v) is 8.51. The third-order valence-corrected chi connectivity index (χ3v) is 5.43. The van der Waals surface area contributed by atoms with Crippen LogP contribution in [0.15, 0.2) is 42.5 Å². The van der Waals surface area contributed by atoms with Crippen LogP contribution in [-0.2, 0) is 20.8 Å². The number of amides is 3. The molecule has 8 N–H and O–H groups in total. The molecule has 0 saturated carbocycles. The van der Waals surface area contributed by atoms with E-state index in [2.05, 4.69) is 15.6 Å². The monoisotopic (exact) mass is 483 g/mol. The van der Waals surface area contributed by atoms with Crippen LogP contribution in [0.5, 0.6) is 0 Å². The van der Waals surface area contributed by atoms with Crippen molar-refractivity contribution in [1.82, 2.24) is 15.2 Å². The summed E-state index contributed by atoms with van der Waals surface area (Å²) in [6.07, 6.45) is 0.700. The highest BCUT2D eigenvalue weighted by atomic mass is 16.2. The summed E-state index contributed by atoms with van der Waals surface area (Å²) < 4.78 is 0. The average molecular weight is 484 g/mol. The number of rotatable bonds is 13. The SMILES string of the molecule is Cc1cc(C)nc(NC(=O)C(CCc2ccccc2)NC(=O)C(N)CC(=O)N(CCN)CCN)c1. The van der Waals surface area contributed by atoms with Crippen LogP contribution in [0.1, 0.15) is 29.7 Å². The van der Waals surface area contributed by atoms with E-state index in [0.717, 1.165) is 16.8 Å². The molecule has 0 aliphatic carbocycles. The Morgan fingerprint density at radius 3 is 2.26 bits per heavy atom. The minimum Gasteiger partial charge on any atom is -0.343 e. The maximum Gasteiger partial charge on any atom is 0.248 e. The first-order valence-corrected chi connectivity index (χ1v) is 11.8. The zero-order valence-electron chi connectivity index (χ0n) is 20.5. The summed E-state index contributed by atoms with van der Waals surface area (Å²) in [5.74, 6) is -0.892. The Labute approximate surface area is 206 Å². The van der Waals surface area contributed by atoms with E-state index < -0.39 is 23.9 Å². The number of carbonyl (C=O) groups excluding carboxylic acids is 3. The molecule has 2 unspecified atom stereocenters. The molecule has 1 heterocycles. The predicted octanol–water partition coefficient (Wildman–Crippen LogP) is 0.218. The van der Waals surface area contributed by atoms with Crippen molar-refractivity contribution in [3.8, 4) is 0 Å². The molecule has 3 amide bonds. The Balaban J connectivity index is 2.10. The van der Waals surface area contributed by atoms with E-state index in [-0.39, 0.29) is 25.4 Å². The molecule has 0 spiro atoms. The number of hydrogen-bond donors (Lipinski definition) is 5. The van der Waals surface area contributed by atoms with Crippen LogP contribution in [0.3, 0.4) is 0 Å². The number of benzene rings is 1. The zero-order valence-corrected chi connectivity index (χ0v) is 20.5. The third-order valence-electron chi connectivity index (χ3n) is 5.43. The van der Waals surface area contributed by atoms with Crippen molar-refractivity contribution in [3.05, 3.63) is 59.3 Å². The zero-order chi connectivity index (χ0) is 25.8. The van der Waals surface area contributed by atoms with Crippen LogP contribution in [0.4, 0.5) is 5.82 Å². The molecule has 35 heavy (non-hydrogen) atoms. The smallest absolute Gasteiger partial charge is 0.248 e. The van der Waals surface area contributed by atoms with E-state index in [4.69, 9.17) is 17.2 Å². The van der Waals surface area contributed by atoms with Gasteiger partial charge in [-0.3, -0.25) is 14.4 Å². The van der Waals surface area contributed by atoms with Gasteiger partial charge in [0.2, 0.25) is 17.7 Å². The number of pyridine rings is 1. The molecule has 1 aromatic carbocycles. The molecular weight excluding hydrogens is 446 g/mol. The molecule has 10 heteroatoms. The first-order chi connectivity index (χ1) is 16.7. The van der Waals surface area contributed by atoms with Crippen molar-refractivity contribution in [2.24, 2.45) is 17.2 Å². The van der Waals surface area contributed by atoms with Crippen LogP contribution >= 0.6 is 0 Å². The first-order valence-electron chi connectivity index (χ1n) is 11.8. The maximum absolute atomic E-state index is 13.1. The Kier molecular flexibility index (Phi) is 11.3. The summed E-state index contributed by atoms with van der Waals surface area (Å²) >= 11 is 0. The number of aromatic nitrogens is 1. The molecule has 2 rings (SSSR count). The van der Waals surface area contributed by atoms with Crippen molar-refractivity contribution in [3.63, 3.8) is 0 Å². The number of nitrogens with two attached hydrogens (primary N) is 3. The lowest BCUT2D eigenvalue weighted by Gasteiger charge is -2.24. The Morgan fingerprint density at radius 2 is 1.66 bits per heavy atom. The highest BCUT2D eigenvalue weighted by Gasteiger charge is 2.26. The third kappa shape index (κ3) is 9.44. The number of hydrogen-bond acceptors (Lipinski definition) is 7. The topological polar surface area (TPSA) is 169 Å². The maximum atomic E-state index is 13.1. The second-order valence-electron chi connectivity index (χ2n) is 8.51. The van der Waals surface area contributed by atoms with Gasteiger partial charge in [-0.05, 0) is 49.9 Å². The number of nitrogens with one attached hydrogen (secondary N) is 2. The summed E-state index contributed by atoms with van der Waals surface area (Å²) in [7, 11) is 0. The molecule has 0 saturated heterocycles. The highest BCUT2D eigenvalue weighted by Crippen LogP contribution is 2.12. The van der Waals surface area contributed by atoms with Gasteiger partial charge < -0.3 is 32.7 Å². The summed E-state index contributed by atoms with van der Waals surface area (Å²) in [4.78, 5) is 44.3. The Morgan fingerprint density at radius 1 is 1.00 bits per heavy atom. The van der Waals surface area contributed by atoms with Crippen LogP contribution < -0.4 is 27.8 Å². The fraction of sp³-hybridized carbons (Fsp3) is 0.440. The Hall–Kier alpha value is -3.34. The molecule has 2 aromatic rings. The summed E-state index contributed by atoms with van der Waals surface area (Å²) in [6, 6.07) is 11.3. The standard InChI is InChI=1S/C25H37N7O3/c1-17-14-18(2)29-22(15-17)31-25(35)21(9-8-19-6-4-3-5-7-19)30-24(34)20(28)16-23(33)32(12-10-26)13-11-27/h3-7,14-15,20-21H,8-13,16,26-28H2,1-2H3,(H,30,34)(H,29,31,35). The highest BCUT2D eigenvalue weighted by molar-refractivity contribution is 5.98. The number of anilines is 1. The first kappa shape index (κ1) is 27.9. The van der Waals surface area contributed by atoms with Gasteiger partial charge in [-0.15, -0.1) is 0 Å². The normalized spacial score (nSPS) is 12.5. The number of aryl methyl sites for hydroxylation is 3. The van der Waals surface area contributed by atoms with Crippen molar-refractivity contribution in [2.75, 3.05) is 31.5 Å². The van der Waals surface area contributed by atoms with Gasteiger partial charge >= 0.3 is 0 Å². The molecule has 0 aliphatic rings. The van der Waals surface area contributed by atoms with Crippen LogP contribution in [0, 0.1) is 13.8 Å². The van der Waals surface area contributed by atoms with Crippen LogP contribution in [0.25, 0.3) is 0 Å². The lowest BCUT2D eigenvalue weighted by atomic mass is 10.0. The quantitative estimate of drug-likeness (QED) is 0.271. The minimum atomic E-state index is -1.12. The number of nitrogens with zero attached hydrogens (tertiary/aromatic N) is 2. The summed E-state index contributed by atoms with van der Waals surface area (Å²) in [6.45, 7) is 4.97. The van der Waals surface area contributed by atoms with Gasteiger partial charge in [-0.1, -0.05) is 30.3 Å². The van der Waals surface area contributed by atoms with E-state index in [1.54, 1.807) is 6.07 Å². The molecule has 0 aliphatic heterocycles. The fourth-order valence-electron chi connectivity index (χ4n) is 3.70. The molecular formula is C25H37N7O3. The van der Waals surface area contributed by atoms with E-state index in [1.165, 1.54) is 4.90 Å². The van der Waals surface area contributed by atoms with Gasteiger partial charge in [-0.25, -0.2) is 4.98 Å². The molecule has 2 atom stereocenters. The van der Waals surface area contributed by atoms with Crippen molar-refractivity contribution >= 4 is 23.5 Å². The minimum absolute atomic E-state index is 0.211. The van der Waals surface area contributed by atoms with Crippen molar-refractivity contribution in [2.45, 2.75) is 45.2 Å². The van der Waals surface area contributed by atoms with Gasteiger partial charge in [0.1, 0.15) is 11.9 Å². The molecule has 1 aromatic heterocycles. The van der Waals surface area contributed by atoms with Crippen molar-refractivity contribution in [1.29, 1.82) is 0 Å². The van der Waals surface area contributed by atoms with Crippen molar-refractivity contribution < 1.29 is 14.4 Å². The molecule has 0 bridgehead atoms. The summed E-state index contributed by atoms with van der Waals surface area (Å²) in [5.41, 5.74) is 19.9. The van der Waals surface area contributed by atoms with Gasteiger partial charge in [0.05, 0.1) is 12.5 Å². The molecule has 190 valence electrons. The van der Waals surface area contributed by atoms with Gasteiger partial charge in [-0.2, -0.15) is 0 Å². The fourth-order valence-corrected chi connectivity index (χ4v) is 3.70. The predicted molar refractivity (Wildman–Crippen MR) is 136 cm³/mol. The summed E-state index contributed by atoms with van der Waals surface area (Å²) in [5, 5.41) is 5.51. The Bertz CT molecular complexity index is 958. The van der Waals surface area contributed by atoms with Crippen LogP contribution in [0.2, 0.25) is 0 Å². The molecule has 10 nitrogen and oxygen atoms in total. The molecule has 0 fully saturated rings. The largest absolute Gasteiger partial charge is 0.343 e.